The summed E-state index contributed by atoms with van der Waals surface area (Å²) in [6.07, 6.45) is 2.90. The highest BCUT2D eigenvalue weighted by Gasteiger charge is 2.07. The molecule has 0 bridgehead atoms. The number of pyridine rings is 1. The first-order valence-corrected chi connectivity index (χ1v) is 5.12. The topological polar surface area (TPSA) is 108 Å². The number of nitrogens with one attached hydrogen (secondary N) is 2. The molecule has 2 rings (SSSR count). The van der Waals surface area contributed by atoms with Crippen molar-refractivity contribution in [3.8, 4) is 0 Å². The van der Waals surface area contributed by atoms with E-state index in [2.05, 4.69) is 20.5 Å². The molecule has 0 aliphatic carbocycles. The van der Waals surface area contributed by atoms with Crippen molar-refractivity contribution < 1.29 is 14.7 Å². The van der Waals surface area contributed by atoms with Gasteiger partial charge in [0.15, 0.2) is 0 Å². The van der Waals surface area contributed by atoms with Gasteiger partial charge < -0.3 is 10.4 Å². The molecule has 92 valence electrons. The molecular formula is C11H10N4O3. The van der Waals surface area contributed by atoms with Gasteiger partial charge in [0.1, 0.15) is 5.82 Å². The molecule has 0 aromatic carbocycles. The summed E-state index contributed by atoms with van der Waals surface area (Å²) in [7, 11) is 0. The number of aromatic carboxylic acids is 1. The molecule has 2 aromatic heterocycles. The maximum absolute atomic E-state index is 11.6. The molecule has 0 aliphatic rings. The van der Waals surface area contributed by atoms with E-state index in [0.29, 0.717) is 11.5 Å². The molecule has 0 atom stereocenters. The number of aromatic amines is 1. The molecule has 0 aliphatic heterocycles. The van der Waals surface area contributed by atoms with E-state index in [0.717, 1.165) is 0 Å². The molecule has 1 amide bonds. The van der Waals surface area contributed by atoms with Gasteiger partial charge in [-0.05, 0) is 18.2 Å². The molecule has 3 N–H and O–H groups in total. The second-order valence-corrected chi connectivity index (χ2v) is 3.54. The van der Waals surface area contributed by atoms with Crippen LogP contribution in [0.15, 0.2) is 30.6 Å². The lowest BCUT2D eigenvalue weighted by molar-refractivity contribution is -0.115. The summed E-state index contributed by atoms with van der Waals surface area (Å²) in [5.41, 5.74) is 0.760. The van der Waals surface area contributed by atoms with Crippen molar-refractivity contribution in [2.24, 2.45) is 0 Å². The van der Waals surface area contributed by atoms with Crippen LogP contribution < -0.4 is 5.32 Å². The van der Waals surface area contributed by atoms with Crippen LogP contribution in [-0.4, -0.2) is 32.2 Å². The van der Waals surface area contributed by atoms with E-state index in [-0.39, 0.29) is 17.9 Å². The van der Waals surface area contributed by atoms with Gasteiger partial charge in [0, 0.05) is 18.1 Å². The second-order valence-electron chi connectivity index (χ2n) is 3.54. The Morgan fingerprint density at radius 1 is 1.33 bits per heavy atom. The Morgan fingerprint density at radius 3 is 2.72 bits per heavy atom. The van der Waals surface area contributed by atoms with E-state index in [1.54, 1.807) is 12.3 Å². The third kappa shape index (κ3) is 2.91. The SMILES string of the molecule is O=C(Cc1ccn[nH]1)Nc1ccc(C(=O)O)cn1. The number of nitrogens with zero attached hydrogens (tertiary/aromatic N) is 2. The van der Waals surface area contributed by atoms with Crippen molar-refractivity contribution in [1.29, 1.82) is 0 Å². The van der Waals surface area contributed by atoms with E-state index in [4.69, 9.17) is 5.11 Å². The highest BCUT2D eigenvalue weighted by molar-refractivity contribution is 5.92. The van der Waals surface area contributed by atoms with E-state index < -0.39 is 5.97 Å². The predicted octanol–water partition coefficient (Wildman–Crippen LogP) is 0.684. The van der Waals surface area contributed by atoms with Crippen molar-refractivity contribution in [1.82, 2.24) is 15.2 Å². The van der Waals surface area contributed by atoms with E-state index in [1.807, 2.05) is 0 Å². The first kappa shape index (κ1) is 11.8. The molecule has 7 heteroatoms. The first-order chi connectivity index (χ1) is 8.65. The fourth-order valence-corrected chi connectivity index (χ4v) is 1.34. The number of anilines is 1. The minimum Gasteiger partial charge on any atom is -0.478 e. The van der Waals surface area contributed by atoms with Gasteiger partial charge in [-0.15, -0.1) is 0 Å². The fraction of sp³-hybridized carbons (Fsp3) is 0.0909. The number of carbonyl (C=O) groups excluding carboxylic acids is 1. The first-order valence-electron chi connectivity index (χ1n) is 5.12. The largest absolute Gasteiger partial charge is 0.478 e. The maximum atomic E-state index is 11.6. The van der Waals surface area contributed by atoms with Crippen LogP contribution in [0.4, 0.5) is 5.82 Å². The Morgan fingerprint density at radius 2 is 2.17 bits per heavy atom. The quantitative estimate of drug-likeness (QED) is 0.735. The van der Waals surface area contributed by atoms with Crippen LogP contribution in [0, 0.1) is 0 Å². The molecule has 0 unspecified atom stereocenters. The highest BCUT2D eigenvalue weighted by atomic mass is 16.4. The number of carboxylic acid groups (broad SMARTS) is 1. The zero-order valence-electron chi connectivity index (χ0n) is 9.25. The summed E-state index contributed by atoms with van der Waals surface area (Å²) in [5.74, 6) is -1.00. The maximum Gasteiger partial charge on any atom is 0.337 e. The Bertz CT molecular complexity index is 548. The van der Waals surface area contributed by atoms with E-state index >= 15 is 0 Å². The number of carbonyl (C=O) groups is 2. The third-order valence-electron chi connectivity index (χ3n) is 2.19. The molecular weight excluding hydrogens is 236 g/mol. The number of hydrogen-bond acceptors (Lipinski definition) is 4. The molecule has 0 saturated carbocycles. The summed E-state index contributed by atoms with van der Waals surface area (Å²) in [6.45, 7) is 0. The number of carboxylic acids is 1. The number of amides is 1. The summed E-state index contributed by atoms with van der Waals surface area (Å²) < 4.78 is 0. The molecule has 0 fully saturated rings. The third-order valence-corrected chi connectivity index (χ3v) is 2.19. The van der Waals surface area contributed by atoms with Gasteiger partial charge in [0.25, 0.3) is 0 Å². The Kier molecular flexibility index (Phi) is 3.33. The minimum absolute atomic E-state index is 0.0709. The zero-order chi connectivity index (χ0) is 13.0. The van der Waals surface area contributed by atoms with Crippen LogP contribution >= 0.6 is 0 Å². The van der Waals surface area contributed by atoms with Gasteiger partial charge >= 0.3 is 5.97 Å². The summed E-state index contributed by atoms with van der Waals surface area (Å²) >= 11 is 0. The lowest BCUT2D eigenvalue weighted by Crippen LogP contribution is -2.15. The molecule has 2 heterocycles. The number of hydrogen-bond donors (Lipinski definition) is 3. The van der Waals surface area contributed by atoms with Crippen LogP contribution in [0.25, 0.3) is 0 Å². The Hall–Kier alpha value is -2.70. The molecule has 7 nitrogen and oxygen atoms in total. The van der Waals surface area contributed by atoms with E-state index in [9.17, 15) is 9.59 Å². The average Bonchev–Trinajstić information content (AvgIpc) is 2.82. The van der Waals surface area contributed by atoms with Crippen LogP contribution in [0.3, 0.4) is 0 Å². The van der Waals surface area contributed by atoms with Gasteiger partial charge in [-0.25, -0.2) is 9.78 Å². The van der Waals surface area contributed by atoms with Gasteiger partial charge in [-0.3, -0.25) is 9.89 Å². The minimum atomic E-state index is -1.06. The normalized spacial score (nSPS) is 10.0. The highest BCUT2D eigenvalue weighted by Crippen LogP contribution is 2.06. The molecule has 18 heavy (non-hydrogen) atoms. The fourth-order valence-electron chi connectivity index (χ4n) is 1.34. The average molecular weight is 246 g/mol. The zero-order valence-corrected chi connectivity index (χ0v) is 9.25. The van der Waals surface area contributed by atoms with Crippen LogP contribution in [-0.2, 0) is 11.2 Å². The molecule has 0 radical (unpaired) electrons. The van der Waals surface area contributed by atoms with Crippen molar-refractivity contribution in [3.63, 3.8) is 0 Å². The smallest absolute Gasteiger partial charge is 0.337 e. The second kappa shape index (κ2) is 5.09. The standard InChI is InChI=1S/C11H10N4O3/c16-10(5-8-3-4-13-15-8)14-9-2-1-7(6-12-9)11(17)18/h1-4,6H,5H2,(H,13,15)(H,17,18)(H,12,14,16). The van der Waals surface area contributed by atoms with Crippen LogP contribution in [0.2, 0.25) is 0 Å². The summed E-state index contributed by atoms with van der Waals surface area (Å²) in [6, 6.07) is 4.51. The van der Waals surface area contributed by atoms with Gasteiger partial charge in [0.2, 0.25) is 5.91 Å². The van der Waals surface area contributed by atoms with E-state index in [1.165, 1.54) is 18.3 Å². The summed E-state index contributed by atoms with van der Waals surface area (Å²) in [5, 5.41) is 17.6. The van der Waals surface area contributed by atoms with Gasteiger partial charge in [0.05, 0.1) is 12.0 Å². The number of rotatable bonds is 4. The molecule has 0 spiro atoms. The van der Waals surface area contributed by atoms with Crippen molar-refractivity contribution in [2.75, 3.05) is 5.32 Å². The molecule has 0 saturated heterocycles. The van der Waals surface area contributed by atoms with Gasteiger partial charge in [-0.1, -0.05) is 0 Å². The number of aromatic nitrogens is 3. The van der Waals surface area contributed by atoms with Crippen molar-refractivity contribution in [3.05, 3.63) is 41.9 Å². The van der Waals surface area contributed by atoms with Crippen LogP contribution in [0.5, 0.6) is 0 Å². The monoisotopic (exact) mass is 246 g/mol. The van der Waals surface area contributed by atoms with Crippen LogP contribution in [0.1, 0.15) is 16.1 Å². The lowest BCUT2D eigenvalue weighted by atomic mass is 10.3. The molecule has 2 aromatic rings. The Balaban J connectivity index is 1.97. The van der Waals surface area contributed by atoms with Crippen molar-refractivity contribution in [2.45, 2.75) is 6.42 Å². The number of H-pyrrole nitrogens is 1. The van der Waals surface area contributed by atoms with Gasteiger partial charge in [-0.2, -0.15) is 5.10 Å². The summed E-state index contributed by atoms with van der Waals surface area (Å²) in [4.78, 5) is 26.0. The lowest BCUT2D eigenvalue weighted by Gasteiger charge is -2.03. The van der Waals surface area contributed by atoms with Crippen molar-refractivity contribution >= 4 is 17.7 Å². The predicted molar refractivity (Wildman–Crippen MR) is 62.1 cm³/mol. The Labute approximate surface area is 102 Å².